The largest absolute Gasteiger partial charge is 0.391 e. The monoisotopic (exact) mass is 345 g/mol. The van der Waals surface area contributed by atoms with Gasteiger partial charge in [0.05, 0.1) is 11.7 Å². The van der Waals surface area contributed by atoms with E-state index < -0.39 is 11.9 Å². The zero-order chi connectivity index (χ0) is 14.5. The summed E-state index contributed by atoms with van der Waals surface area (Å²) in [4.78, 5) is 12.0. The first kappa shape index (κ1) is 15.4. The Morgan fingerprint density at radius 1 is 1.50 bits per heavy atom. The summed E-state index contributed by atoms with van der Waals surface area (Å²) in [7, 11) is 0. The van der Waals surface area contributed by atoms with Crippen LogP contribution < -0.4 is 5.32 Å². The number of benzene rings is 1. The molecule has 4 nitrogen and oxygen atoms in total. The SMILES string of the molecule is O=C(NC[C@H](O)C1CCOCC1)c1ccc(F)cc1Br. The van der Waals surface area contributed by atoms with E-state index in [1.165, 1.54) is 18.2 Å². The number of nitrogens with one attached hydrogen (secondary N) is 1. The Hall–Kier alpha value is -0.980. The molecule has 1 fully saturated rings. The smallest absolute Gasteiger partial charge is 0.252 e. The van der Waals surface area contributed by atoms with Crippen molar-refractivity contribution in [2.75, 3.05) is 19.8 Å². The number of carbonyl (C=O) groups is 1. The van der Waals surface area contributed by atoms with E-state index in [4.69, 9.17) is 4.74 Å². The van der Waals surface area contributed by atoms with Gasteiger partial charge in [-0.3, -0.25) is 4.79 Å². The second-order valence-corrected chi connectivity index (χ2v) is 5.71. The summed E-state index contributed by atoms with van der Waals surface area (Å²) in [5, 5.41) is 12.7. The highest BCUT2D eigenvalue weighted by molar-refractivity contribution is 9.10. The number of hydrogen-bond donors (Lipinski definition) is 2. The molecule has 1 heterocycles. The molecule has 1 aliphatic rings. The molecule has 0 saturated carbocycles. The van der Waals surface area contributed by atoms with E-state index in [2.05, 4.69) is 21.2 Å². The Morgan fingerprint density at radius 2 is 2.20 bits per heavy atom. The second kappa shape index (κ2) is 7.15. The molecule has 1 aromatic carbocycles. The highest BCUT2D eigenvalue weighted by Crippen LogP contribution is 2.20. The average Bonchev–Trinajstić information content (AvgIpc) is 2.45. The summed E-state index contributed by atoms with van der Waals surface area (Å²) in [5.74, 6) is -0.584. The second-order valence-electron chi connectivity index (χ2n) is 4.85. The maximum Gasteiger partial charge on any atom is 0.252 e. The maximum absolute atomic E-state index is 13.0. The van der Waals surface area contributed by atoms with Gasteiger partial charge in [0.25, 0.3) is 5.91 Å². The summed E-state index contributed by atoms with van der Waals surface area (Å²) >= 11 is 3.15. The van der Waals surface area contributed by atoms with Gasteiger partial charge in [0.1, 0.15) is 5.82 Å². The van der Waals surface area contributed by atoms with Crippen molar-refractivity contribution < 1.29 is 19.0 Å². The normalized spacial score (nSPS) is 17.8. The molecule has 1 amide bonds. The van der Waals surface area contributed by atoms with Crippen LogP contribution in [0.4, 0.5) is 4.39 Å². The quantitative estimate of drug-likeness (QED) is 0.878. The van der Waals surface area contributed by atoms with E-state index in [1.807, 2.05) is 0 Å². The first-order valence-electron chi connectivity index (χ1n) is 6.57. The van der Waals surface area contributed by atoms with Crippen molar-refractivity contribution >= 4 is 21.8 Å². The first-order valence-corrected chi connectivity index (χ1v) is 7.36. The predicted molar refractivity (Wildman–Crippen MR) is 76.0 cm³/mol. The molecule has 2 N–H and O–H groups in total. The molecule has 110 valence electrons. The fraction of sp³-hybridized carbons (Fsp3) is 0.500. The van der Waals surface area contributed by atoms with Crippen molar-refractivity contribution in [3.63, 3.8) is 0 Å². The Morgan fingerprint density at radius 3 is 2.85 bits per heavy atom. The van der Waals surface area contributed by atoms with Gasteiger partial charge < -0.3 is 15.2 Å². The van der Waals surface area contributed by atoms with Gasteiger partial charge in [-0.2, -0.15) is 0 Å². The van der Waals surface area contributed by atoms with Crippen LogP contribution >= 0.6 is 15.9 Å². The zero-order valence-corrected chi connectivity index (χ0v) is 12.5. The van der Waals surface area contributed by atoms with Crippen LogP contribution in [0.15, 0.2) is 22.7 Å². The van der Waals surface area contributed by atoms with Crippen LogP contribution in [-0.4, -0.2) is 36.9 Å². The number of carbonyl (C=O) groups excluding carboxylic acids is 1. The van der Waals surface area contributed by atoms with Crippen molar-refractivity contribution in [2.24, 2.45) is 5.92 Å². The lowest BCUT2D eigenvalue weighted by atomic mass is 9.94. The van der Waals surface area contributed by atoms with Gasteiger partial charge >= 0.3 is 0 Å². The van der Waals surface area contributed by atoms with Crippen molar-refractivity contribution in [3.05, 3.63) is 34.1 Å². The molecular formula is C14H17BrFNO3. The minimum atomic E-state index is -0.581. The number of hydrogen-bond acceptors (Lipinski definition) is 3. The lowest BCUT2D eigenvalue weighted by Crippen LogP contribution is -2.38. The highest BCUT2D eigenvalue weighted by atomic mass is 79.9. The molecule has 0 aromatic heterocycles. The lowest BCUT2D eigenvalue weighted by molar-refractivity contribution is 0.00872. The molecule has 0 unspecified atom stereocenters. The summed E-state index contributed by atoms with van der Waals surface area (Å²) in [6.07, 6.45) is 1.02. The number of aliphatic hydroxyl groups excluding tert-OH is 1. The molecule has 0 radical (unpaired) electrons. The van der Waals surface area contributed by atoms with E-state index in [0.717, 1.165) is 12.8 Å². The molecule has 1 aromatic rings. The Balaban J connectivity index is 1.88. The van der Waals surface area contributed by atoms with E-state index in [-0.39, 0.29) is 18.4 Å². The maximum atomic E-state index is 13.0. The van der Waals surface area contributed by atoms with Crippen LogP contribution in [0.3, 0.4) is 0 Å². The number of ether oxygens (including phenoxy) is 1. The van der Waals surface area contributed by atoms with Crippen LogP contribution in [-0.2, 0) is 4.74 Å². The van der Waals surface area contributed by atoms with Crippen LogP contribution in [0.2, 0.25) is 0 Å². The van der Waals surface area contributed by atoms with Gasteiger partial charge in [-0.25, -0.2) is 4.39 Å². The third-order valence-corrected chi connectivity index (χ3v) is 4.11. The van der Waals surface area contributed by atoms with E-state index in [9.17, 15) is 14.3 Å². The molecule has 0 bridgehead atoms. The van der Waals surface area contributed by atoms with Gasteiger partial charge in [0.2, 0.25) is 0 Å². The summed E-state index contributed by atoms with van der Waals surface area (Å²) < 4.78 is 18.6. The number of aliphatic hydroxyl groups is 1. The average molecular weight is 346 g/mol. The summed E-state index contributed by atoms with van der Waals surface area (Å²) in [6, 6.07) is 3.88. The Kier molecular flexibility index (Phi) is 5.51. The number of halogens is 2. The minimum Gasteiger partial charge on any atom is -0.391 e. The zero-order valence-electron chi connectivity index (χ0n) is 10.9. The summed E-state index contributed by atoms with van der Waals surface area (Å²) in [5.41, 5.74) is 0.352. The van der Waals surface area contributed by atoms with Gasteiger partial charge in [-0.15, -0.1) is 0 Å². The molecule has 0 aliphatic carbocycles. The summed E-state index contributed by atoms with van der Waals surface area (Å²) in [6.45, 7) is 1.49. The van der Waals surface area contributed by atoms with E-state index in [1.54, 1.807) is 0 Å². The molecule has 20 heavy (non-hydrogen) atoms. The third kappa shape index (κ3) is 4.01. The van der Waals surface area contributed by atoms with Crippen molar-refractivity contribution in [2.45, 2.75) is 18.9 Å². The van der Waals surface area contributed by atoms with Gasteiger partial charge in [-0.05, 0) is 52.9 Å². The van der Waals surface area contributed by atoms with Crippen LogP contribution in [0.25, 0.3) is 0 Å². The minimum absolute atomic E-state index is 0.153. The Labute approximate surface area is 125 Å². The highest BCUT2D eigenvalue weighted by Gasteiger charge is 2.22. The van der Waals surface area contributed by atoms with Crippen molar-refractivity contribution in [1.29, 1.82) is 0 Å². The topological polar surface area (TPSA) is 58.6 Å². The molecule has 6 heteroatoms. The van der Waals surface area contributed by atoms with Crippen molar-refractivity contribution in [3.8, 4) is 0 Å². The van der Waals surface area contributed by atoms with E-state index in [0.29, 0.717) is 23.2 Å². The molecule has 1 saturated heterocycles. The lowest BCUT2D eigenvalue weighted by Gasteiger charge is -2.26. The molecule has 1 atom stereocenters. The third-order valence-electron chi connectivity index (χ3n) is 3.46. The van der Waals surface area contributed by atoms with Crippen molar-refractivity contribution in [1.82, 2.24) is 5.32 Å². The van der Waals surface area contributed by atoms with Crippen LogP contribution in [0.5, 0.6) is 0 Å². The molecule has 0 spiro atoms. The van der Waals surface area contributed by atoms with Crippen LogP contribution in [0, 0.1) is 11.7 Å². The Bertz CT molecular complexity index is 477. The fourth-order valence-corrected chi connectivity index (χ4v) is 2.76. The predicted octanol–water partition coefficient (Wildman–Crippen LogP) is 2.11. The molecule has 2 rings (SSSR count). The number of rotatable bonds is 4. The van der Waals surface area contributed by atoms with E-state index >= 15 is 0 Å². The fourth-order valence-electron chi connectivity index (χ4n) is 2.23. The van der Waals surface area contributed by atoms with Gasteiger partial charge in [-0.1, -0.05) is 0 Å². The molecule has 1 aliphatic heterocycles. The van der Waals surface area contributed by atoms with Crippen LogP contribution in [0.1, 0.15) is 23.2 Å². The molecular weight excluding hydrogens is 329 g/mol. The first-order chi connectivity index (χ1) is 9.58. The van der Waals surface area contributed by atoms with Gasteiger partial charge in [0.15, 0.2) is 0 Å². The number of amides is 1. The standard InChI is InChI=1S/C14H17BrFNO3/c15-12-7-10(16)1-2-11(12)14(19)17-8-13(18)9-3-5-20-6-4-9/h1-2,7,9,13,18H,3-6,8H2,(H,17,19)/t13-/m0/s1. The van der Waals surface area contributed by atoms with Gasteiger partial charge in [0, 0.05) is 24.2 Å².